The highest BCUT2D eigenvalue weighted by Gasteiger charge is 2.29. The predicted molar refractivity (Wildman–Crippen MR) is 91.2 cm³/mol. The Morgan fingerprint density at radius 1 is 1.23 bits per heavy atom. The fourth-order valence-corrected chi connectivity index (χ4v) is 4.87. The van der Waals surface area contributed by atoms with E-state index in [1.54, 1.807) is 11.3 Å². The molecule has 1 saturated heterocycles. The summed E-state index contributed by atoms with van der Waals surface area (Å²) in [5.74, 6) is 1.20. The second-order valence-corrected chi connectivity index (χ2v) is 8.00. The monoisotopic (exact) mass is 333 g/mol. The van der Waals surface area contributed by atoms with Crippen LogP contribution in [0.15, 0.2) is 17.6 Å². The van der Waals surface area contributed by atoms with Crippen molar-refractivity contribution in [3.63, 3.8) is 0 Å². The first kappa shape index (κ1) is 14.4. The Kier molecular flexibility index (Phi) is 3.98. The average Bonchev–Trinajstić information content (AvgIpc) is 3.09. The standard InChI is InChI=1S/C16H19N3OS2/c20-15(14-12(5-8-21-14)10-1-2-10)19-16-18-9-13(22-16)11-3-6-17-7-4-11/h5,8-11,17H,1-4,6-7H2,(H,18,19,20). The lowest BCUT2D eigenvalue weighted by molar-refractivity contribution is 0.102. The zero-order valence-electron chi connectivity index (χ0n) is 12.3. The second kappa shape index (κ2) is 6.10. The highest BCUT2D eigenvalue weighted by molar-refractivity contribution is 7.16. The number of hydrogen-bond donors (Lipinski definition) is 2. The van der Waals surface area contributed by atoms with Gasteiger partial charge in [0.25, 0.3) is 5.91 Å². The highest BCUT2D eigenvalue weighted by Crippen LogP contribution is 2.43. The third-order valence-corrected chi connectivity index (χ3v) is 6.41. The molecular formula is C16H19N3OS2. The molecule has 3 heterocycles. The number of nitrogens with one attached hydrogen (secondary N) is 2. The molecule has 2 aromatic heterocycles. The zero-order chi connectivity index (χ0) is 14.9. The van der Waals surface area contributed by atoms with Crippen molar-refractivity contribution in [1.82, 2.24) is 10.3 Å². The molecule has 0 atom stereocenters. The van der Waals surface area contributed by atoms with E-state index in [4.69, 9.17) is 0 Å². The Bertz CT molecular complexity index is 668. The lowest BCUT2D eigenvalue weighted by Gasteiger charge is -2.20. The van der Waals surface area contributed by atoms with Crippen molar-refractivity contribution in [2.75, 3.05) is 18.4 Å². The van der Waals surface area contributed by atoms with Crippen LogP contribution in [0.2, 0.25) is 0 Å². The zero-order valence-corrected chi connectivity index (χ0v) is 13.9. The maximum Gasteiger partial charge on any atom is 0.267 e. The van der Waals surface area contributed by atoms with E-state index in [0.29, 0.717) is 11.8 Å². The molecule has 116 valence electrons. The van der Waals surface area contributed by atoms with Crippen molar-refractivity contribution in [2.24, 2.45) is 0 Å². The van der Waals surface area contributed by atoms with E-state index in [1.165, 1.54) is 34.6 Å². The molecule has 1 saturated carbocycles. The Morgan fingerprint density at radius 3 is 2.82 bits per heavy atom. The summed E-state index contributed by atoms with van der Waals surface area (Å²) in [7, 11) is 0. The van der Waals surface area contributed by atoms with Gasteiger partial charge in [-0.3, -0.25) is 10.1 Å². The van der Waals surface area contributed by atoms with Gasteiger partial charge in [-0.15, -0.1) is 22.7 Å². The van der Waals surface area contributed by atoms with Crippen LogP contribution in [-0.4, -0.2) is 24.0 Å². The molecular weight excluding hydrogens is 314 g/mol. The minimum atomic E-state index is 0.00288. The van der Waals surface area contributed by atoms with Gasteiger partial charge in [0.1, 0.15) is 0 Å². The number of aromatic nitrogens is 1. The van der Waals surface area contributed by atoms with E-state index in [0.717, 1.165) is 35.9 Å². The van der Waals surface area contributed by atoms with E-state index in [-0.39, 0.29) is 5.91 Å². The van der Waals surface area contributed by atoms with Crippen LogP contribution >= 0.6 is 22.7 Å². The maximum absolute atomic E-state index is 12.5. The maximum atomic E-state index is 12.5. The summed E-state index contributed by atoms with van der Waals surface area (Å²) < 4.78 is 0. The average molecular weight is 333 g/mol. The summed E-state index contributed by atoms with van der Waals surface area (Å²) in [6.07, 6.45) is 6.69. The molecule has 6 heteroatoms. The molecule has 0 aromatic carbocycles. The number of nitrogens with zero attached hydrogens (tertiary/aromatic N) is 1. The van der Waals surface area contributed by atoms with Crippen LogP contribution in [0.5, 0.6) is 0 Å². The van der Waals surface area contributed by atoms with Gasteiger partial charge in [-0.1, -0.05) is 0 Å². The molecule has 2 N–H and O–H groups in total. The number of rotatable bonds is 4. The number of piperidine rings is 1. The number of carbonyl (C=O) groups is 1. The minimum Gasteiger partial charge on any atom is -0.317 e. The van der Waals surface area contributed by atoms with Crippen LogP contribution in [0.4, 0.5) is 5.13 Å². The van der Waals surface area contributed by atoms with Gasteiger partial charge in [0, 0.05) is 11.1 Å². The first-order valence-electron chi connectivity index (χ1n) is 7.86. The van der Waals surface area contributed by atoms with Crippen LogP contribution in [0, 0.1) is 0 Å². The fourth-order valence-electron chi connectivity index (χ4n) is 3.01. The number of hydrogen-bond acceptors (Lipinski definition) is 5. The van der Waals surface area contributed by atoms with Crippen molar-refractivity contribution >= 4 is 33.7 Å². The van der Waals surface area contributed by atoms with Crippen LogP contribution in [0.3, 0.4) is 0 Å². The number of amides is 1. The quantitative estimate of drug-likeness (QED) is 0.895. The summed E-state index contributed by atoms with van der Waals surface area (Å²) in [5, 5.41) is 9.12. The van der Waals surface area contributed by atoms with Crippen molar-refractivity contribution in [1.29, 1.82) is 0 Å². The third-order valence-electron chi connectivity index (χ3n) is 4.40. The van der Waals surface area contributed by atoms with Crippen molar-refractivity contribution in [3.8, 4) is 0 Å². The smallest absolute Gasteiger partial charge is 0.267 e. The predicted octanol–water partition coefficient (Wildman–Crippen LogP) is 3.80. The molecule has 2 aliphatic rings. The van der Waals surface area contributed by atoms with Crippen molar-refractivity contribution < 1.29 is 4.79 Å². The van der Waals surface area contributed by atoms with E-state index >= 15 is 0 Å². The summed E-state index contributed by atoms with van der Waals surface area (Å²) in [4.78, 5) is 19.0. The van der Waals surface area contributed by atoms with Gasteiger partial charge >= 0.3 is 0 Å². The molecule has 0 bridgehead atoms. The van der Waals surface area contributed by atoms with Crippen LogP contribution in [0.25, 0.3) is 0 Å². The van der Waals surface area contributed by atoms with E-state index in [1.807, 2.05) is 11.6 Å². The molecule has 0 radical (unpaired) electrons. The van der Waals surface area contributed by atoms with Crippen LogP contribution in [-0.2, 0) is 0 Å². The topological polar surface area (TPSA) is 54.0 Å². The summed E-state index contributed by atoms with van der Waals surface area (Å²) in [5.41, 5.74) is 1.22. The molecule has 1 amide bonds. The number of thiazole rings is 1. The third kappa shape index (κ3) is 2.95. The Balaban J connectivity index is 1.45. The second-order valence-electron chi connectivity index (χ2n) is 6.03. The van der Waals surface area contributed by atoms with Gasteiger partial charge in [-0.2, -0.15) is 0 Å². The molecule has 4 rings (SSSR count). The van der Waals surface area contributed by atoms with Gasteiger partial charge in [0.15, 0.2) is 5.13 Å². The Morgan fingerprint density at radius 2 is 2.05 bits per heavy atom. The lowest BCUT2D eigenvalue weighted by Crippen LogP contribution is -2.26. The Hall–Kier alpha value is -1.24. The SMILES string of the molecule is O=C(Nc1ncc(C2CCNCC2)s1)c1sccc1C1CC1. The van der Waals surface area contributed by atoms with Crippen LogP contribution < -0.4 is 10.6 Å². The largest absolute Gasteiger partial charge is 0.317 e. The molecule has 0 spiro atoms. The van der Waals surface area contributed by atoms with E-state index in [2.05, 4.69) is 21.7 Å². The number of carbonyl (C=O) groups excluding carboxylic acids is 1. The fraction of sp³-hybridized carbons (Fsp3) is 0.500. The molecule has 1 aliphatic heterocycles. The lowest BCUT2D eigenvalue weighted by atomic mass is 9.97. The number of anilines is 1. The Labute approximate surface area is 138 Å². The first-order valence-corrected chi connectivity index (χ1v) is 9.56. The van der Waals surface area contributed by atoms with E-state index in [9.17, 15) is 4.79 Å². The van der Waals surface area contributed by atoms with Gasteiger partial charge in [0.05, 0.1) is 4.88 Å². The molecule has 0 unspecified atom stereocenters. The molecule has 4 nitrogen and oxygen atoms in total. The van der Waals surface area contributed by atoms with Gasteiger partial charge in [-0.25, -0.2) is 4.98 Å². The van der Waals surface area contributed by atoms with Crippen LogP contribution in [0.1, 0.15) is 57.6 Å². The molecule has 2 fully saturated rings. The molecule has 1 aliphatic carbocycles. The van der Waals surface area contributed by atoms with Crippen molar-refractivity contribution in [2.45, 2.75) is 37.5 Å². The summed E-state index contributed by atoms with van der Waals surface area (Å²) in [6, 6.07) is 2.10. The summed E-state index contributed by atoms with van der Waals surface area (Å²) in [6.45, 7) is 2.15. The molecule has 22 heavy (non-hydrogen) atoms. The van der Waals surface area contributed by atoms with Gasteiger partial charge in [0.2, 0.25) is 0 Å². The number of thiophene rings is 1. The molecule has 2 aromatic rings. The van der Waals surface area contributed by atoms with Gasteiger partial charge < -0.3 is 5.32 Å². The van der Waals surface area contributed by atoms with Gasteiger partial charge in [-0.05, 0) is 67.6 Å². The normalized spacial score (nSPS) is 19.3. The van der Waals surface area contributed by atoms with Crippen molar-refractivity contribution in [3.05, 3.63) is 33.0 Å². The van der Waals surface area contributed by atoms with E-state index < -0.39 is 0 Å². The summed E-state index contributed by atoms with van der Waals surface area (Å²) >= 11 is 3.17. The minimum absolute atomic E-state index is 0.00288. The highest BCUT2D eigenvalue weighted by atomic mass is 32.1. The first-order chi connectivity index (χ1) is 10.8.